The molecule has 0 N–H and O–H groups in total. The van der Waals surface area contributed by atoms with E-state index in [1.54, 1.807) is 29.2 Å². The lowest BCUT2D eigenvalue weighted by Gasteiger charge is -2.20. The average Bonchev–Trinajstić information content (AvgIpc) is 3.46. The highest BCUT2D eigenvalue weighted by Gasteiger charge is 2.22. The van der Waals surface area contributed by atoms with Crippen molar-refractivity contribution in [3.8, 4) is 5.75 Å². The van der Waals surface area contributed by atoms with Crippen LogP contribution in [0.5, 0.6) is 5.75 Å². The normalized spacial score (nSPS) is 11.3. The van der Waals surface area contributed by atoms with Gasteiger partial charge in [0, 0.05) is 41.2 Å². The molecule has 2 aromatic carbocycles. The fourth-order valence-electron chi connectivity index (χ4n) is 3.51. The van der Waals surface area contributed by atoms with E-state index in [1.165, 1.54) is 11.3 Å². The molecule has 0 saturated heterocycles. The van der Waals surface area contributed by atoms with Crippen molar-refractivity contribution in [1.82, 2.24) is 14.5 Å². The van der Waals surface area contributed by atoms with Crippen LogP contribution in [0.4, 0.5) is 5.13 Å². The van der Waals surface area contributed by atoms with Crippen molar-refractivity contribution in [2.45, 2.75) is 43.9 Å². The van der Waals surface area contributed by atoms with Gasteiger partial charge in [0.15, 0.2) is 5.13 Å². The Morgan fingerprint density at radius 3 is 2.88 bits per heavy atom. The molecule has 0 radical (unpaired) electrons. The molecule has 0 spiro atoms. The third kappa shape index (κ3) is 5.94. The van der Waals surface area contributed by atoms with Gasteiger partial charge in [-0.25, -0.2) is 9.97 Å². The van der Waals surface area contributed by atoms with Crippen LogP contribution in [0.1, 0.15) is 37.6 Å². The number of aryl methyl sites for hydroxylation is 1. The van der Waals surface area contributed by atoms with Crippen LogP contribution >= 0.6 is 23.1 Å². The number of hydrogen-bond donors (Lipinski definition) is 0. The molecule has 0 saturated carbocycles. The molecule has 0 bridgehead atoms. The van der Waals surface area contributed by atoms with Crippen molar-refractivity contribution in [1.29, 1.82) is 0 Å². The molecule has 4 aromatic rings. The molecule has 2 heterocycles. The quantitative estimate of drug-likeness (QED) is 0.256. The van der Waals surface area contributed by atoms with Gasteiger partial charge in [0.1, 0.15) is 5.75 Å². The molecule has 0 atom stereocenters. The number of nitrogens with zero attached hydrogens (tertiary/aromatic N) is 4. The van der Waals surface area contributed by atoms with Gasteiger partial charge in [-0.3, -0.25) is 9.69 Å². The Balaban J connectivity index is 1.62. The summed E-state index contributed by atoms with van der Waals surface area (Å²) in [4.78, 5) is 25.5. The van der Waals surface area contributed by atoms with E-state index in [0.717, 1.165) is 33.8 Å². The van der Waals surface area contributed by atoms with Gasteiger partial charge in [0.2, 0.25) is 0 Å². The van der Waals surface area contributed by atoms with Crippen molar-refractivity contribution in [3.05, 3.63) is 66.7 Å². The van der Waals surface area contributed by atoms with Gasteiger partial charge in [-0.2, -0.15) is 0 Å². The van der Waals surface area contributed by atoms with E-state index in [1.807, 2.05) is 54.1 Å². The first-order valence-corrected chi connectivity index (χ1v) is 12.8. The largest absolute Gasteiger partial charge is 0.494 e. The van der Waals surface area contributed by atoms with Gasteiger partial charge in [0.25, 0.3) is 5.91 Å². The number of imidazole rings is 1. The number of carbonyl (C=O) groups is 1. The smallest absolute Gasteiger partial charge is 0.260 e. The van der Waals surface area contributed by atoms with Gasteiger partial charge in [-0.05, 0) is 49.7 Å². The number of benzene rings is 2. The molecule has 1 amide bonds. The minimum Gasteiger partial charge on any atom is -0.494 e. The molecule has 0 aliphatic heterocycles. The van der Waals surface area contributed by atoms with Crippen molar-refractivity contribution in [3.63, 3.8) is 0 Å². The number of rotatable bonds is 10. The first kappa shape index (κ1) is 23.3. The molecule has 0 fully saturated rings. The van der Waals surface area contributed by atoms with Crippen molar-refractivity contribution < 1.29 is 9.53 Å². The number of ether oxygens (including phenoxy) is 1. The Bertz CT molecular complexity index is 1200. The summed E-state index contributed by atoms with van der Waals surface area (Å²) in [7, 11) is 0. The zero-order chi connectivity index (χ0) is 23.2. The molecule has 4 rings (SSSR count). The van der Waals surface area contributed by atoms with Gasteiger partial charge < -0.3 is 9.30 Å². The Hall–Kier alpha value is -2.84. The molecule has 0 aliphatic carbocycles. The maximum atomic E-state index is 13.7. The van der Waals surface area contributed by atoms with E-state index in [0.29, 0.717) is 29.1 Å². The van der Waals surface area contributed by atoms with Gasteiger partial charge in [-0.15, -0.1) is 11.8 Å². The van der Waals surface area contributed by atoms with Crippen molar-refractivity contribution >= 4 is 44.4 Å². The molecule has 6 nitrogen and oxygen atoms in total. The summed E-state index contributed by atoms with van der Waals surface area (Å²) in [5.41, 5.74) is 1.55. The summed E-state index contributed by atoms with van der Waals surface area (Å²) in [6.07, 6.45) is 6.30. The van der Waals surface area contributed by atoms with E-state index in [-0.39, 0.29) is 5.91 Å². The van der Waals surface area contributed by atoms with Crippen LogP contribution in [0.15, 0.2) is 66.1 Å². The van der Waals surface area contributed by atoms with Crippen LogP contribution in [-0.2, 0) is 6.54 Å². The number of aromatic nitrogens is 3. The van der Waals surface area contributed by atoms with Gasteiger partial charge in [-0.1, -0.05) is 31.3 Å². The van der Waals surface area contributed by atoms with Crippen LogP contribution in [0, 0.1) is 0 Å². The molecular weight excluding hydrogens is 452 g/mol. The highest BCUT2D eigenvalue weighted by molar-refractivity contribution is 7.99. The van der Waals surface area contributed by atoms with Crippen LogP contribution in [0.25, 0.3) is 10.2 Å². The van der Waals surface area contributed by atoms with Crippen LogP contribution in [0.3, 0.4) is 0 Å². The van der Waals surface area contributed by atoms with E-state index >= 15 is 0 Å². The molecule has 33 heavy (non-hydrogen) atoms. The fraction of sp³-hybridized carbons (Fsp3) is 0.320. The average molecular weight is 481 g/mol. The summed E-state index contributed by atoms with van der Waals surface area (Å²) >= 11 is 3.28. The number of thioether (sulfide) groups is 1. The van der Waals surface area contributed by atoms with Crippen molar-refractivity contribution in [2.24, 2.45) is 0 Å². The predicted molar refractivity (Wildman–Crippen MR) is 137 cm³/mol. The monoisotopic (exact) mass is 480 g/mol. The molecular formula is C25H28N4O2S2. The highest BCUT2D eigenvalue weighted by atomic mass is 32.2. The van der Waals surface area contributed by atoms with Crippen LogP contribution in [0.2, 0.25) is 0 Å². The highest BCUT2D eigenvalue weighted by Crippen LogP contribution is 2.33. The summed E-state index contributed by atoms with van der Waals surface area (Å²) in [6, 6.07) is 13.7. The summed E-state index contributed by atoms with van der Waals surface area (Å²) in [6.45, 7) is 8.23. The van der Waals surface area contributed by atoms with E-state index in [4.69, 9.17) is 9.72 Å². The van der Waals surface area contributed by atoms with Crippen LogP contribution < -0.4 is 9.64 Å². The topological polar surface area (TPSA) is 60.2 Å². The van der Waals surface area contributed by atoms with E-state index < -0.39 is 0 Å². The van der Waals surface area contributed by atoms with E-state index in [2.05, 4.69) is 24.9 Å². The Morgan fingerprint density at radius 1 is 1.24 bits per heavy atom. The van der Waals surface area contributed by atoms with Crippen molar-refractivity contribution in [2.75, 3.05) is 18.1 Å². The standard InChI is InChI=1S/C25H28N4O2S2/c1-4-31-20-9-10-22-23(16-20)33-25(27-22)29(13-6-12-28-14-11-26-17-28)24(30)19-7-5-8-21(15-19)32-18(2)3/h5,7-11,14-18H,4,6,12-13H2,1-3H3. The number of fused-ring (bicyclic) bond motifs is 1. The minimum absolute atomic E-state index is 0.0316. The number of amides is 1. The molecule has 0 aliphatic rings. The maximum Gasteiger partial charge on any atom is 0.260 e. The van der Waals surface area contributed by atoms with E-state index in [9.17, 15) is 4.79 Å². The lowest BCUT2D eigenvalue weighted by atomic mass is 10.2. The second-order valence-electron chi connectivity index (χ2n) is 7.86. The summed E-state index contributed by atoms with van der Waals surface area (Å²) in [5, 5.41) is 1.15. The zero-order valence-corrected chi connectivity index (χ0v) is 20.7. The third-order valence-electron chi connectivity index (χ3n) is 4.95. The Labute approximate surface area is 202 Å². The zero-order valence-electron chi connectivity index (χ0n) is 19.1. The molecule has 172 valence electrons. The first-order chi connectivity index (χ1) is 16.0. The predicted octanol–water partition coefficient (Wildman–Crippen LogP) is 6.13. The summed E-state index contributed by atoms with van der Waals surface area (Å²) < 4.78 is 8.67. The molecule has 0 unspecified atom stereocenters. The molecule has 8 heteroatoms. The SMILES string of the molecule is CCOc1ccc2nc(N(CCCn3ccnc3)C(=O)c3cccc(SC(C)C)c3)sc2c1. The fourth-order valence-corrected chi connectivity index (χ4v) is 5.42. The second kappa shape index (κ2) is 10.9. The Kier molecular flexibility index (Phi) is 7.67. The van der Waals surface area contributed by atoms with Crippen LogP contribution in [-0.4, -0.2) is 38.8 Å². The number of carbonyl (C=O) groups excluding carboxylic acids is 1. The maximum absolute atomic E-state index is 13.7. The number of anilines is 1. The summed E-state index contributed by atoms with van der Waals surface area (Å²) in [5.74, 6) is 0.785. The van der Waals surface area contributed by atoms with Gasteiger partial charge >= 0.3 is 0 Å². The number of thiazole rings is 1. The van der Waals surface area contributed by atoms with Gasteiger partial charge in [0.05, 0.1) is 23.2 Å². The molecule has 2 aromatic heterocycles. The second-order valence-corrected chi connectivity index (χ2v) is 10.5. The first-order valence-electron chi connectivity index (χ1n) is 11.1. The lowest BCUT2D eigenvalue weighted by Crippen LogP contribution is -2.32. The number of hydrogen-bond acceptors (Lipinski definition) is 6. The lowest BCUT2D eigenvalue weighted by molar-refractivity contribution is 0.0986. The Morgan fingerprint density at radius 2 is 2.12 bits per heavy atom. The minimum atomic E-state index is -0.0316. The third-order valence-corrected chi connectivity index (χ3v) is 6.98.